The summed E-state index contributed by atoms with van der Waals surface area (Å²) in [7, 11) is 5.61. The van der Waals surface area contributed by atoms with Gasteiger partial charge in [0.15, 0.2) is 0 Å². The van der Waals surface area contributed by atoms with E-state index in [1.54, 1.807) is 19.0 Å². The van der Waals surface area contributed by atoms with Gasteiger partial charge in [-0.2, -0.15) is 0 Å². The third-order valence-corrected chi connectivity index (χ3v) is 4.17. The number of carbonyl (C=O) groups is 1. The molecule has 2 heterocycles. The second kappa shape index (κ2) is 5.93. The number of fused-ring (bicyclic) bond motifs is 1. The fourth-order valence-electron chi connectivity index (χ4n) is 2.97. The summed E-state index contributed by atoms with van der Waals surface area (Å²) in [5.41, 5.74) is 4.44. The van der Waals surface area contributed by atoms with Crippen molar-refractivity contribution >= 4 is 5.91 Å². The largest absolute Gasteiger partial charge is 0.345 e. The zero-order valence-corrected chi connectivity index (χ0v) is 13.4. The second-order valence-corrected chi connectivity index (χ2v) is 6.11. The van der Waals surface area contributed by atoms with Crippen molar-refractivity contribution in [3.8, 4) is 0 Å². The molecular weight excluding hydrogens is 276 g/mol. The van der Waals surface area contributed by atoms with Gasteiger partial charge in [-0.05, 0) is 17.7 Å². The molecule has 1 amide bonds. The predicted molar refractivity (Wildman–Crippen MR) is 85.5 cm³/mol. The van der Waals surface area contributed by atoms with Crippen LogP contribution in [0, 0.1) is 0 Å². The number of aryl methyl sites for hydroxylation is 1. The molecule has 0 atom stereocenters. The zero-order valence-electron chi connectivity index (χ0n) is 13.4. The summed E-state index contributed by atoms with van der Waals surface area (Å²) in [4.78, 5) is 20.5. The van der Waals surface area contributed by atoms with Gasteiger partial charge in [-0.25, -0.2) is 4.98 Å². The predicted octanol–water partition coefficient (Wildman–Crippen LogP) is 1.68. The number of carbonyl (C=O) groups excluding carboxylic acids is 1. The quantitative estimate of drug-likeness (QED) is 0.866. The van der Waals surface area contributed by atoms with Gasteiger partial charge in [0.05, 0.1) is 12.0 Å². The van der Waals surface area contributed by atoms with E-state index in [2.05, 4.69) is 27.6 Å². The van der Waals surface area contributed by atoms with Gasteiger partial charge in [0.1, 0.15) is 0 Å². The van der Waals surface area contributed by atoms with E-state index in [1.807, 2.05) is 24.5 Å². The van der Waals surface area contributed by atoms with E-state index < -0.39 is 0 Å². The first kappa shape index (κ1) is 14.8. The number of hydrogen-bond donors (Lipinski definition) is 0. The van der Waals surface area contributed by atoms with Crippen molar-refractivity contribution < 1.29 is 4.79 Å². The molecule has 0 spiro atoms. The lowest BCUT2D eigenvalue weighted by Crippen LogP contribution is -2.31. The van der Waals surface area contributed by atoms with E-state index in [0.29, 0.717) is 0 Å². The van der Waals surface area contributed by atoms with Crippen LogP contribution in [0.5, 0.6) is 0 Å². The Hall–Kier alpha value is -2.14. The van der Waals surface area contributed by atoms with Gasteiger partial charge in [0.25, 0.3) is 5.91 Å². The third kappa shape index (κ3) is 2.90. The van der Waals surface area contributed by atoms with Gasteiger partial charge in [-0.1, -0.05) is 12.1 Å². The van der Waals surface area contributed by atoms with Crippen LogP contribution in [0.15, 0.2) is 30.6 Å². The highest BCUT2D eigenvalue weighted by molar-refractivity contribution is 5.94. The van der Waals surface area contributed by atoms with Crippen LogP contribution in [0.4, 0.5) is 0 Å². The standard InChI is InChI=1S/C17H22N4O/c1-19(2)17(22)14-6-4-5-13(9-14)10-21-8-7-16-15(11-21)18-12-20(16)3/h4-6,9,12H,7-8,10-11H2,1-3H3. The summed E-state index contributed by atoms with van der Waals surface area (Å²) < 4.78 is 2.11. The fraction of sp³-hybridized carbons (Fsp3) is 0.412. The van der Waals surface area contributed by atoms with Crippen molar-refractivity contribution in [3.63, 3.8) is 0 Å². The molecule has 0 saturated heterocycles. The number of aromatic nitrogens is 2. The lowest BCUT2D eigenvalue weighted by atomic mass is 10.1. The summed E-state index contributed by atoms with van der Waals surface area (Å²) in [6, 6.07) is 7.91. The summed E-state index contributed by atoms with van der Waals surface area (Å²) in [5, 5.41) is 0. The molecule has 0 bridgehead atoms. The minimum atomic E-state index is 0.0486. The topological polar surface area (TPSA) is 41.4 Å². The summed E-state index contributed by atoms with van der Waals surface area (Å²) in [6.07, 6.45) is 2.92. The number of imidazole rings is 1. The van der Waals surface area contributed by atoms with Crippen molar-refractivity contribution in [2.24, 2.45) is 7.05 Å². The van der Waals surface area contributed by atoms with Crippen LogP contribution in [0.3, 0.4) is 0 Å². The lowest BCUT2D eigenvalue weighted by Gasteiger charge is -2.26. The number of benzene rings is 1. The van der Waals surface area contributed by atoms with Gasteiger partial charge in [-0.15, -0.1) is 0 Å². The Morgan fingerprint density at radius 3 is 2.95 bits per heavy atom. The van der Waals surface area contributed by atoms with Crippen LogP contribution in [0.1, 0.15) is 27.3 Å². The van der Waals surface area contributed by atoms with Crippen molar-refractivity contribution in [1.82, 2.24) is 19.4 Å². The molecule has 116 valence electrons. The Labute approximate surface area is 131 Å². The Bertz CT molecular complexity index is 690. The van der Waals surface area contributed by atoms with E-state index in [-0.39, 0.29) is 5.91 Å². The highest BCUT2D eigenvalue weighted by Crippen LogP contribution is 2.19. The molecule has 0 saturated carbocycles. The fourth-order valence-corrected chi connectivity index (χ4v) is 2.97. The molecular formula is C17H22N4O. The summed E-state index contributed by atoms with van der Waals surface area (Å²) in [5.74, 6) is 0.0486. The van der Waals surface area contributed by atoms with Crippen molar-refractivity contribution in [2.75, 3.05) is 20.6 Å². The molecule has 2 aromatic rings. The van der Waals surface area contributed by atoms with E-state index in [0.717, 1.165) is 31.6 Å². The molecule has 0 aliphatic carbocycles. The first-order chi connectivity index (χ1) is 10.5. The normalized spacial score (nSPS) is 14.7. The van der Waals surface area contributed by atoms with Crippen LogP contribution in [-0.4, -0.2) is 45.9 Å². The minimum Gasteiger partial charge on any atom is -0.345 e. The maximum Gasteiger partial charge on any atom is 0.253 e. The van der Waals surface area contributed by atoms with Gasteiger partial charge >= 0.3 is 0 Å². The van der Waals surface area contributed by atoms with E-state index in [4.69, 9.17) is 0 Å². The average Bonchev–Trinajstić information content (AvgIpc) is 2.87. The second-order valence-electron chi connectivity index (χ2n) is 6.11. The minimum absolute atomic E-state index is 0.0486. The first-order valence-corrected chi connectivity index (χ1v) is 7.56. The van der Waals surface area contributed by atoms with Crippen LogP contribution in [0.25, 0.3) is 0 Å². The number of rotatable bonds is 3. The van der Waals surface area contributed by atoms with E-state index in [9.17, 15) is 4.79 Å². The first-order valence-electron chi connectivity index (χ1n) is 7.56. The molecule has 3 rings (SSSR count). The van der Waals surface area contributed by atoms with E-state index in [1.165, 1.54) is 17.0 Å². The van der Waals surface area contributed by atoms with Crippen molar-refractivity contribution in [2.45, 2.75) is 19.5 Å². The van der Waals surface area contributed by atoms with Crippen LogP contribution < -0.4 is 0 Å². The Kier molecular flexibility index (Phi) is 3.98. The highest BCUT2D eigenvalue weighted by Gasteiger charge is 2.20. The molecule has 1 aliphatic heterocycles. The summed E-state index contributed by atoms with van der Waals surface area (Å²) >= 11 is 0. The molecule has 1 aromatic carbocycles. The van der Waals surface area contributed by atoms with Crippen LogP contribution in [-0.2, 0) is 26.6 Å². The molecule has 0 unspecified atom stereocenters. The Morgan fingerprint density at radius 2 is 2.18 bits per heavy atom. The van der Waals surface area contributed by atoms with Gasteiger partial charge in [0, 0.05) is 58.5 Å². The van der Waals surface area contributed by atoms with Crippen LogP contribution >= 0.6 is 0 Å². The third-order valence-electron chi connectivity index (χ3n) is 4.17. The number of nitrogens with zero attached hydrogens (tertiary/aromatic N) is 4. The summed E-state index contributed by atoms with van der Waals surface area (Å²) in [6.45, 7) is 2.75. The molecule has 22 heavy (non-hydrogen) atoms. The monoisotopic (exact) mass is 298 g/mol. The number of amides is 1. The zero-order chi connectivity index (χ0) is 15.7. The van der Waals surface area contributed by atoms with Crippen molar-refractivity contribution in [3.05, 3.63) is 53.1 Å². The molecule has 0 fully saturated rings. The maximum absolute atomic E-state index is 12.1. The highest BCUT2D eigenvalue weighted by atomic mass is 16.2. The molecule has 1 aromatic heterocycles. The lowest BCUT2D eigenvalue weighted by molar-refractivity contribution is 0.0827. The molecule has 5 nitrogen and oxygen atoms in total. The van der Waals surface area contributed by atoms with E-state index >= 15 is 0 Å². The Balaban J connectivity index is 1.72. The Morgan fingerprint density at radius 1 is 1.36 bits per heavy atom. The van der Waals surface area contributed by atoms with Crippen molar-refractivity contribution in [1.29, 1.82) is 0 Å². The molecule has 0 radical (unpaired) electrons. The smallest absolute Gasteiger partial charge is 0.253 e. The van der Waals surface area contributed by atoms with Gasteiger partial charge in [0.2, 0.25) is 0 Å². The molecule has 5 heteroatoms. The molecule has 1 aliphatic rings. The maximum atomic E-state index is 12.1. The van der Waals surface area contributed by atoms with Crippen LogP contribution in [0.2, 0.25) is 0 Å². The van der Waals surface area contributed by atoms with Gasteiger partial charge < -0.3 is 9.47 Å². The number of hydrogen-bond acceptors (Lipinski definition) is 3. The molecule has 0 N–H and O–H groups in total. The average molecular weight is 298 g/mol. The van der Waals surface area contributed by atoms with Gasteiger partial charge in [-0.3, -0.25) is 9.69 Å². The SMILES string of the molecule is CN(C)C(=O)c1cccc(CN2CCc3c(ncn3C)C2)c1.